The molecule has 3 nitrogen and oxygen atoms in total. The van der Waals surface area contributed by atoms with Gasteiger partial charge in [0.1, 0.15) is 24.4 Å². The van der Waals surface area contributed by atoms with Gasteiger partial charge in [-0.1, -0.05) is 48.5 Å². The quantitative estimate of drug-likeness (QED) is 0.491. The van der Waals surface area contributed by atoms with Crippen molar-refractivity contribution in [1.29, 1.82) is 0 Å². The highest BCUT2D eigenvalue weighted by Crippen LogP contribution is 2.52. The summed E-state index contributed by atoms with van der Waals surface area (Å²) in [5, 5.41) is 25.1. The number of epoxide rings is 1. The molecule has 21 heavy (non-hydrogen) atoms. The van der Waals surface area contributed by atoms with Gasteiger partial charge in [0.25, 0.3) is 0 Å². The highest BCUT2D eigenvalue weighted by molar-refractivity contribution is 6.09. The molecule has 3 aromatic rings. The van der Waals surface area contributed by atoms with Crippen LogP contribution in [-0.4, -0.2) is 22.4 Å². The Balaban J connectivity index is 1.90. The highest BCUT2D eigenvalue weighted by Gasteiger charge is 2.54. The third kappa shape index (κ3) is 1.43. The van der Waals surface area contributed by atoms with Gasteiger partial charge in [-0.25, -0.2) is 0 Å². The number of rotatable bonds is 0. The molecule has 1 fully saturated rings. The first kappa shape index (κ1) is 11.7. The Labute approximate surface area is 121 Å². The Morgan fingerprint density at radius 2 is 1.62 bits per heavy atom. The Morgan fingerprint density at radius 3 is 2.52 bits per heavy atom. The number of hydrogen-bond donors (Lipinski definition) is 2. The molecule has 1 aliphatic heterocycles. The maximum atomic E-state index is 10.5. The summed E-state index contributed by atoms with van der Waals surface area (Å²) in [7, 11) is 0. The summed E-state index contributed by atoms with van der Waals surface area (Å²) >= 11 is 0. The van der Waals surface area contributed by atoms with Crippen LogP contribution in [0.5, 0.6) is 0 Å². The zero-order valence-corrected chi connectivity index (χ0v) is 11.2. The van der Waals surface area contributed by atoms with Crippen LogP contribution < -0.4 is 0 Å². The normalized spacial score (nSPS) is 30.2. The van der Waals surface area contributed by atoms with Crippen LogP contribution in [0.2, 0.25) is 0 Å². The Bertz CT molecular complexity index is 886. The molecule has 0 bridgehead atoms. The van der Waals surface area contributed by atoms with Crippen LogP contribution in [0.4, 0.5) is 0 Å². The smallest absolute Gasteiger partial charge is 0.118 e. The maximum Gasteiger partial charge on any atom is 0.118 e. The van der Waals surface area contributed by atoms with Gasteiger partial charge in [0.2, 0.25) is 0 Å². The van der Waals surface area contributed by atoms with Crippen molar-refractivity contribution >= 4 is 21.5 Å². The van der Waals surface area contributed by atoms with Gasteiger partial charge in [-0.2, -0.15) is 0 Å². The van der Waals surface area contributed by atoms with Crippen LogP contribution in [0, 0.1) is 0 Å². The monoisotopic (exact) mass is 278 g/mol. The first-order chi connectivity index (χ1) is 10.3. The van der Waals surface area contributed by atoms with Crippen molar-refractivity contribution in [3.05, 3.63) is 59.7 Å². The topological polar surface area (TPSA) is 53.0 Å². The molecule has 104 valence electrons. The molecule has 1 heterocycles. The van der Waals surface area contributed by atoms with E-state index >= 15 is 0 Å². The van der Waals surface area contributed by atoms with Crippen molar-refractivity contribution in [3.8, 4) is 0 Å². The lowest BCUT2D eigenvalue weighted by atomic mass is 9.83. The number of aliphatic hydroxyl groups excluding tert-OH is 2. The van der Waals surface area contributed by atoms with Crippen molar-refractivity contribution in [2.24, 2.45) is 0 Å². The lowest BCUT2D eigenvalue weighted by Crippen LogP contribution is -2.29. The minimum atomic E-state index is -0.881. The van der Waals surface area contributed by atoms with E-state index in [1.54, 1.807) is 0 Å². The van der Waals surface area contributed by atoms with Crippen molar-refractivity contribution in [3.63, 3.8) is 0 Å². The van der Waals surface area contributed by atoms with Crippen LogP contribution >= 0.6 is 0 Å². The first-order valence-corrected chi connectivity index (χ1v) is 7.21. The third-order valence-electron chi connectivity index (χ3n) is 4.79. The molecule has 1 saturated heterocycles. The van der Waals surface area contributed by atoms with Crippen LogP contribution in [0.1, 0.15) is 23.3 Å². The van der Waals surface area contributed by atoms with Gasteiger partial charge in [-0.3, -0.25) is 0 Å². The van der Waals surface area contributed by atoms with E-state index in [0.29, 0.717) is 0 Å². The summed E-state index contributed by atoms with van der Waals surface area (Å²) in [4.78, 5) is 0. The van der Waals surface area contributed by atoms with Gasteiger partial charge >= 0.3 is 0 Å². The molecule has 0 spiro atoms. The van der Waals surface area contributed by atoms with Crippen LogP contribution in [0.3, 0.4) is 0 Å². The number of fused-ring (bicyclic) bond motifs is 7. The minimum absolute atomic E-state index is 0.0609. The predicted molar refractivity (Wildman–Crippen MR) is 80.0 cm³/mol. The van der Waals surface area contributed by atoms with Crippen molar-refractivity contribution < 1.29 is 14.9 Å². The van der Waals surface area contributed by atoms with Gasteiger partial charge in [0, 0.05) is 0 Å². The molecule has 3 heteroatoms. The second kappa shape index (κ2) is 3.83. The second-order valence-electron chi connectivity index (χ2n) is 5.91. The number of aliphatic hydroxyl groups is 2. The molecule has 2 N–H and O–H groups in total. The van der Waals surface area contributed by atoms with Crippen molar-refractivity contribution in [2.75, 3.05) is 0 Å². The molecule has 0 radical (unpaired) electrons. The van der Waals surface area contributed by atoms with E-state index in [-0.39, 0.29) is 12.2 Å². The SMILES string of the molecule is O[C@@H]1[C@H]2O[C@H]2c2ccc3c(ccc4ccccc43)c2[C@H]1O. The fourth-order valence-corrected chi connectivity index (χ4v) is 3.69. The van der Waals surface area contributed by atoms with Crippen molar-refractivity contribution in [1.82, 2.24) is 0 Å². The fraction of sp³-hybridized carbons (Fsp3) is 0.222. The van der Waals surface area contributed by atoms with Gasteiger partial charge in [-0.15, -0.1) is 0 Å². The largest absolute Gasteiger partial charge is 0.387 e. The van der Waals surface area contributed by atoms with E-state index in [0.717, 1.165) is 21.9 Å². The molecular formula is C18H14O3. The molecule has 0 unspecified atom stereocenters. The van der Waals surface area contributed by atoms with Gasteiger partial charge in [0.05, 0.1) is 0 Å². The molecule has 0 aromatic heterocycles. The lowest BCUT2D eigenvalue weighted by molar-refractivity contribution is 0.000831. The van der Waals surface area contributed by atoms with Crippen LogP contribution in [0.15, 0.2) is 48.5 Å². The molecule has 4 atom stereocenters. The minimum Gasteiger partial charge on any atom is -0.387 e. The summed E-state index contributed by atoms with van der Waals surface area (Å²) in [6.07, 6.45) is -2.02. The summed E-state index contributed by atoms with van der Waals surface area (Å²) < 4.78 is 5.51. The molecule has 5 rings (SSSR count). The van der Waals surface area contributed by atoms with E-state index in [1.807, 2.05) is 24.3 Å². The van der Waals surface area contributed by atoms with E-state index in [9.17, 15) is 10.2 Å². The average Bonchev–Trinajstić information content (AvgIpc) is 3.32. The van der Waals surface area contributed by atoms with E-state index in [2.05, 4.69) is 24.3 Å². The van der Waals surface area contributed by atoms with Gasteiger partial charge in [-0.05, 0) is 32.7 Å². The zero-order chi connectivity index (χ0) is 14.1. The number of hydrogen-bond acceptors (Lipinski definition) is 3. The first-order valence-electron chi connectivity index (χ1n) is 7.21. The second-order valence-corrected chi connectivity index (χ2v) is 5.91. The number of benzene rings is 3. The average molecular weight is 278 g/mol. The van der Waals surface area contributed by atoms with Crippen molar-refractivity contribution in [2.45, 2.75) is 24.4 Å². The van der Waals surface area contributed by atoms with Gasteiger partial charge < -0.3 is 14.9 Å². The lowest BCUT2D eigenvalue weighted by Gasteiger charge is -2.25. The van der Waals surface area contributed by atoms with Gasteiger partial charge in [0.15, 0.2) is 0 Å². The predicted octanol–water partition coefficient (Wildman–Crippen LogP) is 2.84. The zero-order valence-electron chi connectivity index (χ0n) is 11.2. The molecule has 0 saturated carbocycles. The summed E-state index contributed by atoms with van der Waals surface area (Å²) in [6, 6.07) is 16.4. The third-order valence-corrected chi connectivity index (χ3v) is 4.79. The fourth-order valence-electron chi connectivity index (χ4n) is 3.69. The number of ether oxygens (including phenoxy) is 1. The molecule has 3 aromatic carbocycles. The summed E-state index contributed by atoms with van der Waals surface area (Å²) in [5.41, 5.74) is 1.84. The molecule has 0 amide bonds. The summed E-state index contributed by atoms with van der Waals surface area (Å²) in [5.74, 6) is 0. The molecule has 1 aliphatic carbocycles. The van der Waals surface area contributed by atoms with E-state index < -0.39 is 12.2 Å². The van der Waals surface area contributed by atoms with Crippen LogP contribution in [0.25, 0.3) is 21.5 Å². The Morgan fingerprint density at radius 1 is 0.810 bits per heavy atom. The summed E-state index contributed by atoms with van der Waals surface area (Å²) in [6.45, 7) is 0. The Kier molecular flexibility index (Phi) is 2.13. The maximum absolute atomic E-state index is 10.5. The Hall–Kier alpha value is -1.94. The molecule has 2 aliphatic rings. The highest BCUT2D eigenvalue weighted by atomic mass is 16.6. The van der Waals surface area contributed by atoms with Crippen LogP contribution in [-0.2, 0) is 4.74 Å². The standard InChI is InChI=1S/C18H14O3/c19-15-14-12-6-5-9-3-1-2-4-10(9)11(12)7-8-13(14)17-18(21-17)16(15)20/h1-8,15-20H/t15-,16+,17+,18-/m1/s1. The molecular weight excluding hydrogens is 264 g/mol. The van der Waals surface area contributed by atoms with E-state index in [4.69, 9.17) is 4.74 Å². The van der Waals surface area contributed by atoms with E-state index in [1.165, 1.54) is 10.8 Å².